The van der Waals surface area contributed by atoms with E-state index in [1.165, 1.54) is 12.8 Å². The molecule has 0 aromatic carbocycles. The second-order valence-electron chi connectivity index (χ2n) is 4.99. The average molecular weight is 274 g/mol. The van der Waals surface area contributed by atoms with Crippen LogP contribution < -0.4 is 4.90 Å². The van der Waals surface area contributed by atoms with E-state index >= 15 is 0 Å². The number of hydrogen-bond acceptors (Lipinski definition) is 5. The van der Waals surface area contributed by atoms with Gasteiger partial charge in [0.25, 0.3) is 0 Å². The van der Waals surface area contributed by atoms with Gasteiger partial charge in [0.2, 0.25) is 5.71 Å². The molecule has 0 amide bonds. The minimum Gasteiger partial charge on any atom is -0.462 e. The molecule has 20 heavy (non-hydrogen) atoms. The Morgan fingerprint density at radius 3 is 2.90 bits per heavy atom. The van der Waals surface area contributed by atoms with Gasteiger partial charge in [-0.3, -0.25) is 0 Å². The number of esters is 1. The molecule has 1 aliphatic heterocycles. The SMILES string of the molecule is CCOC(=O)c1c(C)oc2ncc(N3CCCC3)cc12. The molecule has 3 rings (SSSR count). The zero-order valence-corrected chi connectivity index (χ0v) is 11.8. The summed E-state index contributed by atoms with van der Waals surface area (Å²) in [7, 11) is 0. The van der Waals surface area contributed by atoms with Gasteiger partial charge in [-0.15, -0.1) is 0 Å². The van der Waals surface area contributed by atoms with Crippen LogP contribution in [0.2, 0.25) is 0 Å². The highest BCUT2D eigenvalue weighted by molar-refractivity contribution is 6.04. The largest absolute Gasteiger partial charge is 0.462 e. The summed E-state index contributed by atoms with van der Waals surface area (Å²) in [5.41, 5.74) is 2.03. The number of hydrogen-bond donors (Lipinski definition) is 0. The summed E-state index contributed by atoms with van der Waals surface area (Å²) < 4.78 is 10.7. The summed E-state index contributed by atoms with van der Waals surface area (Å²) in [6, 6.07) is 1.98. The summed E-state index contributed by atoms with van der Waals surface area (Å²) in [5.74, 6) is 0.216. The first kappa shape index (κ1) is 13.0. The number of fused-ring (bicyclic) bond motifs is 1. The Bertz CT molecular complexity index is 642. The summed E-state index contributed by atoms with van der Waals surface area (Å²) in [6.45, 7) is 5.99. The van der Waals surface area contributed by atoms with E-state index in [0.717, 1.165) is 24.2 Å². The van der Waals surface area contributed by atoms with Crippen molar-refractivity contribution in [3.63, 3.8) is 0 Å². The topological polar surface area (TPSA) is 55.6 Å². The second kappa shape index (κ2) is 5.15. The molecule has 1 aliphatic rings. The Morgan fingerprint density at radius 2 is 2.20 bits per heavy atom. The number of ether oxygens (including phenoxy) is 1. The van der Waals surface area contributed by atoms with Gasteiger partial charge in [-0.25, -0.2) is 9.78 Å². The number of aryl methyl sites for hydroxylation is 1. The first-order valence-electron chi connectivity index (χ1n) is 7.02. The molecule has 2 aromatic rings. The Labute approximate surface area is 117 Å². The van der Waals surface area contributed by atoms with Gasteiger partial charge in [0.1, 0.15) is 11.3 Å². The van der Waals surface area contributed by atoms with Crippen molar-refractivity contribution in [1.82, 2.24) is 4.98 Å². The van der Waals surface area contributed by atoms with Crippen molar-refractivity contribution in [2.75, 3.05) is 24.6 Å². The first-order chi connectivity index (χ1) is 9.70. The van der Waals surface area contributed by atoms with Crippen molar-refractivity contribution < 1.29 is 13.9 Å². The number of furan rings is 1. The lowest BCUT2D eigenvalue weighted by molar-refractivity contribution is 0.0526. The zero-order chi connectivity index (χ0) is 14.1. The zero-order valence-electron chi connectivity index (χ0n) is 11.8. The molecular weight excluding hydrogens is 256 g/mol. The number of rotatable bonds is 3. The second-order valence-corrected chi connectivity index (χ2v) is 4.99. The van der Waals surface area contributed by atoms with Crippen molar-refractivity contribution in [3.05, 3.63) is 23.6 Å². The highest BCUT2D eigenvalue weighted by atomic mass is 16.5. The lowest BCUT2D eigenvalue weighted by Gasteiger charge is -2.16. The van der Waals surface area contributed by atoms with Crippen LogP contribution in [0, 0.1) is 6.92 Å². The van der Waals surface area contributed by atoms with E-state index in [2.05, 4.69) is 9.88 Å². The maximum absolute atomic E-state index is 12.0. The van der Waals surface area contributed by atoms with Crippen molar-refractivity contribution in [2.45, 2.75) is 26.7 Å². The molecule has 1 saturated heterocycles. The lowest BCUT2D eigenvalue weighted by atomic mass is 10.1. The lowest BCUT2D eigenvalue weighted by Crippen LogP contribution is -2.17. The van der Waals surface area contributed by atoms with Gasteiger partial charge in [-0.2, -0.15) is 0 Å². The molecule has 0 saturated carbocycles. The third kappa shape index (κ3) is 2.13. The van der Waals surface area contributed by atoms with Crippen LogP contribution in [-0.4, -0.2) is 30.6 Å². The van der Waals surface area contributed by atoms with Crippen molar-refractivity contribution in [3.8, 4) is 0 Å². The number of aromatic nitrogens is 1. The van der Waals surface area contributed by atoms with E-state index in [9.17, 15) is 4.79 Å². The monoisotopic (exact) mass is 274 g/mol. The quantitative estimate of drug-likeness (QED) is 0.805. The summed E-state index contributed by atoms with van der Waals surface area (Å²) in [4.78, 5) is 18.7. The van der Waals surface area contributed by atoms with E-state index in [-0.39, 0.29) is 5.97 Å². The third-order valence-electron chi connectivity index (χ3n) is 3.66. The van der Waals surface area contributed by atoms with Gasteiger partial charge >= 0.3 is 5.97 Å². The standard InChI is InChI=1S/C15H18N2O3/c1-3-19-15(18)13-10(2)20-14-12(13)8-11(9-16-14)17-6-4-5-7-17/h8-9H,3-7H2,1-2H3. The smallest absolute Gasteiger partial charge is 0.342 e. The molecular formula is C15H18N2O3. The van der Waals surface area contributed by atoms with E-state index < -0.39 is 0 Å². The number of pyridine rings is 1. The van der Waals surface area contributed by atoms with Crippen molar-refractivity contribution in [2.24, 2.45) is 0 Å². The summed E-state index contributed by atoms with van der Waals surface area (Å²) >= 11 is 0. The molecule has 5 nitrogen and oxygen atoms in total. The first-order valence-corrected chi connectivity index (χ1v) is 7.02. The van der Waals surface area contributed by atoms with Crippen LogP contribution in [0.5, 0.6) is 0 Å². The van der Waals surface area contributed by atoms with Crippen LogP contribution in [0.1, 0.15) is 35.9 Å². The van der Waals surface area contributed by atoms with Crippen molar-refractivity contribution in [1.29, 1.82) is 0 Å². The molecule has 0 unspecified atom stereocenters. The van der Waals surface area contributed by atoms with Gasteiger partial charge in [0.15, 0.2) is 0 Å². The van der Waals surface area contributed by atoms with Gasteiger partial charge in [0, 0.05) is 13.1 Å². The number of carbonyl (C=O) groups excluding carboxylic acids is 1. The molecule has 0 aliphatic carbocycles. The van der Waals surface area contributed by atoms with Crippen LogP contribution in [0.3, 0.4) is 0 Å². The maximum atomic E-state index is 12.0. The molecule has 0 atom stereocenters. The normalized spacial score (nSPS) is 15.0. The highest BCUT2D eigenvalue weighted by Crippen LogP contribution is 2.29. The van der Waals surface area contributed by atoms with E-state index in [1.807, 2.05) is 12.3 Å². The Hall–Kier alpha value is -2.04. The minimum absolute atomic E-state index is 0.343. The molecule has 0 radical (unpaired) electrons. The van der Waals surface area contributed by atoms with Gasteiger partial charge in [-0.1, -0.05) is 0 Å². The van der Waals surface area contributed by atoms with Crippen LogP contribution in [-0.2, 0) is 4.74 Å². The Kier molecular flexibility index (Phi) is 3.34. The highest BCUT2D eigenvalue weighted by Gasteiger charge is 2.22. The molecule has 0 bridgehead atoms. The van der Waals surface area contributed by atoms with E-state index in [0.29, 0.717) is 23.6 Å². The Balaban J connectivity index is 2.06. The van der Waals surface area contributed by atoms with Crippen LogP contribution in [0.15, 0.2) is 16.7 Å². The predicted octanol–water partition coefficient (Wildman–Crippen LogP) is 2.91. The fourth-order valence-electron chi connectivity index (χ4n) is 2.69. The minimum atomic E-state index is -0.343. The summed E-state index contributed by atoms with van der Waals surface area (Å²) in [6.07, 6.45) is 4.21. The number of anilines is 1. The molecule has 1 fully saturated rings. The Morgan fingerprint density at radius 1 is 1.45 bits per heavy atom. The van der Waals surface area contributed by atoms with Crippen LogP contribution in [0.25, 0.3) is 11.1 Å². The van der Waals surface area contributed by atoms with Gasteiger partial charge in [-0.05, 0) is 32.8 Å². The van der Waals surface area contributed by atoms with Gasteiger partial charge < -0.3 is 14.1 Å². The average Bonchev–Trinajstić information content (AvgIpc) is 3.04. The molecule has 5 heteroatoms. The molecule has 2 aromatic heterocycles. The fourth-order valence-corrected chi connectivity index (χ4v) is 2.69. The molecule has 0 spiro atoms. The van der Waals surface area contributed by atoms with E-state index in [1.54, 1.807) is 13.8 Å². The summed E-state index contributed by atoms with van der Waals surface area (Å²) in [5, 5.41) is 0.741. The van der Waals surface area contributed by atoms with E-state index in [4.69, 9.17) is 9.15 Å². The number of carbonyl (C=O) groups is 1. The van der Waals surface area contributed by atoms with Crippen molar-refractivity contribution >= 4 is 22.8 Å². The fraction of sp³-hybridized carbons (Fsp3) is 0.467. The molecule has 3 heterocycles. The van der Waals surface area contributed by atoms with Gasteiger partial charge in [0.05, 0.1) is 23.9 Å². The predicted molar refractivity (Wildman–Crippen MR) is 76.1 cm³/mol. The maximum Gasteiger partial charge on any atom is 0.342 e. The molecule has 0 N–H and O–H groups in total. The van der Waals surface area contributed by atoms with Crippen LogP contribution in [0.4, 0.5) is 5.69 Å². The molecule has 106 valence electrons. The van der Waals surface area contributed by atoms with Crippen LogP contribution >= 0.6 is 0 Å². The third-order valence-corrected chi connectivity index (χ3v) is 3.66. The number of nitrogens with zero attached hydrogens (tertiary/aromatic N) is 2.